The van der Waals surface area contributed by atoms with Crippen molar-refractivity contribution in [3.63, 3.8) is 0 Å². The van der Waals surface area contributed by atoms with Crippen molar-refractivity contribution in [2.45, 2.75) is 38.5 Å². The number of carbonyl (C=O) groups is 5. The first-order valence-corrected chi connectivity index (χ1v) is 8.80. The molecule has 1 atom stereocenters. The minimum absolute atomic E-state index is 0. The molecule has 0 bridgehead atoms. The topological polar surface area (TPSA) is 195 Å². The van der Waals surface area contributed by atoms with E-state index in [0.29, 0.717) is 43.2 Å². The summed E-state index contributed by atoms with van der Waals surface area (Å²) in [5.74, 6) is -2.36. The van der Waals surface area contributed by atoms with E-state index in [9.17, 15) is 24.3 Å². The van der Waals surface area contributed by atoms with Crippen LogP contribution in [0.15, 0.2) is 11.3 Å². The molecule has 0 aromatic carbocycles. The van der Waals surface area contributed by atoms with Gasteiger partial charge in [0, 0.05) is 18.7 Å². The fraction of sp³-hybridized carbons (Fsp3) is 0.611. The Hall–Kier alpha value is -0.790. The monoisotopic (exact) mass is 462 g/mol. The third-order valence-corrected chi connectivity index (χ3v) is 3.98. The van der Waals surface area contributed by atoms with Gasteiger partial charge in [-0.2, -0.15) is 0 Å². The average Bonchev–Trinajstić information content (AvgIpc) is 3.34. The number of ether oxygens (including phenoxy) is 2. The van der Waals surface area contributed by atoms with Crippen LogP contribution in [0.3, 0.4) is 0 Å². The van der Waals surface area contributed by atoms with Gasteiger partial charge in [-0.05, 0) is 32.1 Å². The zero-order valence-corrected chi connectivity index (χ0v) is 22.6. The number of rotatable bonds is 6. The number of nitrogens with one attached hydrogen (secondary N) is 1. The number of nitrogens with two attached hydrogens (primary N) is 1. The van der Waals surface area contributed by atoms with Crippen LogP contribution in [-0.4, -0.2) is 62.8 Å². The van der Waals surface area contributed by atoms with Crippen molar-refractivity contribution in [2.75, 3.05) is 27.3 Å². The van der Waals surface area contributed by atoms with Gasteiger partial charge in [-0.3, -0.25) is 9.59 Å². The minimum atomic E-state index is -1.19. The molecule has 0 amide bonds. The Kier molecular flexibility index (Phi) is 27.1. The fourth-order valence-corrected chi connectivity index (χ4v) is 2.67. The van der Waals surface area contributed by atoms with Gasteiger partial charge in [0.1, 0.15) is 18.0 Å². The Labute approximate surface area is 225 Å². The summed E-state index contributed by atoms with van der Waals surface area (Å²) >= 11 is 0. The molecule has 0 spiro atoms. The van der Waals surface area contributed by atoms with Crippen LogP contribution in [0.5, 0.6) is 0 Å². The van der Waals surface area contributed by atoms with Gasteiger partial charge in [-0.1, -0.05) is 0 Å². The number of methoxy groups -OCH3 is 2. The van der Waals surface area contributed by atoms with E-state index in [1.54, 1.807) is 0 Å². The molecule has 13 heteroatoms. The number of carboxylic acids is 1. The predicted octanol–water partition coefficient (Wildman–Crippen LogP) is -7.56. The van der Waals surface area contributed by atoms with E-state index in [4.69, 9.17) is 4.79 Å². The van der Waals surface area contributed by atoms with Crippen LogP contribution in [0.4, 0.5) is 0 Å². The van der Waals surface area contributed by atoms with Crippen LogP contribution in [0.2, 0.25) is 0 Å². The summed E-state index contributed by atoms with van der Waals surface area (Å²) in [5, 5.41) is 12.9. The SMILES string of the molecule is COC(=O)C1=C(NCC(=O)[O-])CCC1.COC(=O)C1CCCC1=O.NCC=O.[Na+].[Na+].[OH-]. The van der Waals surface area contributed by atoms with E-state index >= 15 is 0 Å². The maximum atomic E-state index is 11.2. The van der Waals surface area contributed by atoms with Gasteiger partial charge in [0.15, 0.2) is 0 Å². The normalized spacial score (nSPS) is 15.8. The van der Waals surface area contributed by atoms with Gasteiger partial charge in [0.2, 0.25) is 0 Å². The van der Waals surface area contributed by atoms with Gasteiger partial charge in [-0.25, -0.2) is 4.79 Å². The number of aliphatic carboxylic acids is 1. The van der Waals surface area contributed by atoms with Crippen molar-refractivity contribution >= 4 is 30.0 Å². The summed E-state index contributed by atoms with van der Waals surface area (Å²) in [6.45, 7) is -0.129. The molecular formula is C18H28N2Na2O9. The van der Waals surface area contributed by atoms with Crippen LogP contribution in [0.25, 0.3) is 0 Å². The number of esters is 2. The van der Waals surface area contributed by atoms with E-state index < -0.39 is 11.9 Å². The maximum Gasteiger partial charge on any atom is 1.00 e. The first-order chi connectivity index (χ1) is 13.3. The van der Waals surface area contributed by atoms with E-state index in [0.717, 1.165) is 12.8 Å². The predicted molar refractivity (Wildman–Crippen MR) is 97.3 cm³/mol. The third kappa shape index (κ3) is 15.6. The number of aldehydes is 1. The molecule has 2 aliphatic rings. The molecule has 0 aliphatic heterocycles. The molecule has 0 aromatic rings. The summed E-state index contributed by atoms with van der Waals surface area (Å²) in [5.41, 5.74) is 5.88. The smallest absolute Gasteiger partial charge is 0.870 e. The number of hydrogen-bond acceptors (Lipinski definition) is 11. The summed E-state index contributed by atoms with van der Waals surface area (Å²) in [6.07, 6.45) is 4.88. The van der Waals surface area contributed by atoms with Crippen LogP contribution in [0.1, 0.15) is 38.5 Å². The fourth-order valence-electron chi connectivity index (χ4n) is 2.67. The Morgan fingerprint density at radius 1 is 1.13 bits per heavy atom. The molecule has 31 heavy (non-hydrogen) atoms. The number of carboxylic acid groups (broad SMARTS) is 1. The molecule has 4 N–H and O–H groups in total. The molecule has 2 aliphatic carbocycles. The molecular weight excluding hydrogens is 434 g/mol. The Balaban J connectivity index is -0.000000190. The minimum Gasteiger partial charge on any atom is -0.870 e. The molecule has 1 fully saturated rings. The summed E-state index contributed by atoms with van der Waals surface area (Å²) in [7, 11) is 2.62. The van der Waals surface area contributed by atoms with Gasteiger partial charge in [0.05, 0.1) is 32.3 Å². The van der Waals surface area contributed by atoms with Crippen molar-refractivity contribution in [2.24, 2.45) is 11.7 Å². The maximum absolute atomic E-state index is 11.2. The molecule has 0 aromatic heterocycles. The second-order valence-electron chi connectivity index (χ2n) is 5.86. The van der Waals surface area contributed by atoms with E-state index in [1.807, 2.05) is 0 Å². The Bertz CT molecular complexity index is 613. The second kappa shape index (κ2) is 22.4. The molecule has 0 radical (unpaired) electrons. The summed E-state index contributed by atoms with van der Waals surface area (Å²) in [6, 6.07) is 0. The van der Waals surface area contributed by atoms with Crippen LogP contribution < -0.4 is 75.3 Å². The number of hydrogen-bond donors (Lipinski definition) is 2. The van der Waals surface area contributed by atoms with Crippen LogP contribution in [-0.2, 0) is 33.4 Å². The van der Waals surface area contributed by atoms with E-state index in [1.165, 1.54) is 14.2 Å². The first-order valence-electron chi connectivity index (χ1n) is 8.80. The van der Waals surface area contributed by atoms with E-state index in [-0.39, 0.29) is 95.4 Å². The van der Waals surface area contributed by atoms with Crippen LogP contribution in [0, 0.1) is 5.92 Å². The van der Waals surface area contributed by atoms with Gasteiger partial charge in [-0.15, -0.1) is 0 Å². The van der Waals surface area contributed by atoms with Gasteiger partial charge >= 0.3 is 71.1 Å². The standard InChI is InChI=1S/C9H13NO4.C7H10O3.C2H5NO.2Na.H2O/c1-14-9(13)6-3-2-4-7(6)10-5-8(11)12;1-10-7(9)5-3-2-4-6(5)8;3-1-2-4;;;/h10H,2-5H2,1H3,(H,11,12);5H,2-4H2,1H3;2H,1,3H2;;;1H2/q;;;2*+1;/p-2. The van der Waals surface area contributed by atoms with E-state index in [2.05, 4.69) is 20.5 Å². The van der Waals surface area contributed by atoms with Crippen LogP contribution >= 0.6 is 0 Å². The quantitative estimate of drug-likeness (QED) is 0.165. The number of carbonyl (C=O) groups excluding carboxylic acids is 5. The molecule has 1 saturated carbocycles. The molecule has 1 unspecified atom stereocenters. The largest absolute Gasteiger partial charge is 1.00 e. The average molecular weight is 462 g/mol. The second-order valence-corrected chi connectivity index (χ2v) is 5.86. The van der Waals surface area contributed by atoms with Crippen molar-refractivity contribution in [1.82, 2.24) is 5.32 Å². The van der Waals surface area contributed by atoms with Gasteiger partial charge < -0.3 is 40.7 Å². The van der Waals surface area contributed by atoms with Crippen molar-refractivity contribution in [3.8, 4) is 0 Å². The third-order valence-electron chi connectivity index (χ3n) is 3.98. The summed E-state index contributed by atoms with van der Waals surface area (Å²) < 4.78 is 9.02. The summed E-state index contributed by atoms with van der Waals surface area (Å²) in [4.78, 5) is 52.1. The molecule has 166 valence electrons. The molecule has 2 rings (SSSR count). The zero-order chi connectivity index (χ0) is 21.5. The van der Waals surface area contributed by atoms with Gasteiger partial charge in [0.25, 0.3) is 0 Å². The molecule has 0 saturated heterocycles. The number of Topliss-reactive ketones (excluding diaryl/α,β-unsaturated/α-hetero) is 1. The molecule has 0 heterocycles. The Morgan fingerprint density at radius 2 is 1.71 bits per heavy atom. The first kappa shape index (κ1) is 37.5. The number of ketones is 1. The van der Waals surface area contributed by atoms with Crippen molar-refractivity contribution in [3.05, 3.63) is 11.3 Å². The van der Waals surface area contributed by atoms with Crippen molar-refractivity contribution in [1.29, 1.82) is 0 Å². The zero-order valence-electron chi connectivity index (χ0n) is 18.6. The van der Waals surface area contributed by atoms with Crippen molar-refractivity contribution < 1.29 is 103 Å². The molecule has 11 nitrogen and oxygen atoms in total. The Morgan fingerprint density at radius 3 is 2.10 bits per heavy atom. The number of allylic oxidation sites excluding steroid dienone is 1.